The first-order chi connectivity index (χ1) is 17.6. The minimum atomic E-state index is -3.04. The molecule has 5 N–H and O–H groups in total. The van der Waals surface area contributed by atoms with E-state index in [4.69, 9.17) is 9.47 Å². The van der Waals surface area contributed by atoms with Crippen molar-refractivity contribution in [2.75, 3.05) is 7.11 Å². The van der Waals surface area contributed by atoms with Crippen molar-refractivity contribution in [3.05, 3.63) is 102 Å². The lowest BCUT2D eigenvalue weighted by Gasteiger charge is -2.52. The molecule has 6 atom stereocenters. The van der Waals surface area contributed by atoms with Crippen LogP contribution in [0.4, 0.5) is 0 Å². The van der Waals surface area contributed by atoms with E-state index >= 15 is 0 Å². The maximum atomic E-state index is 13.5. The van der Waals surface area contributed by atoms with Crippen LogP contribution < -0.4 is 4.74 Å². The quantitative estimate of drug-likeness (QED) is 0.279. The number of carbonyl (C=O) groups excluding carboxylic acids is 2. The molecule has 37 heavy (non-hydrogen) atoms. The summed E-state index contributed by atoms with van der Waals surface area (Å²) in [5.74, 6) is -4.15. The molecular weight excluding hydrogens is 480 g/mol. The molecule has 0 aliphatic carbocycles. The molecule has 1 saturated heterocycles. The second-order valence-corrected chi connectivity index (χ2v) is 9.00. The molecule has 0 spiro atoms. The monoisotopic (exact) mass is 508 g/mol. The van der Waals surface area contributed by atoms with Crippen molar-refractivity contribution < 1.29 is 44.6 Å². The smallest absolute Gasteiger partial charge is 0.200 e. The Morgan fingerprint density at radius 2 is 1.43 bits per heavy atom. The first kappa shape index (κ1) is 26.6. The van der Waals surface area contributed by atoms with E-state index < -0.39 is 53.8 Å². The number of aliphatic hydroxyl groups excluding tert-OH is 3. The molecule has 1 aliphatic heterocycles. The van der Waals surface area contributed by atoms with E-state index in [1.807, 2.05) is 0 Å². The van der Waals surface area contributed by atoms with Gasteiger partial charge in [-0.05, 0) is 17.7 Å². The van der Waals surface area contributed by atoms with E-state index in [9.17, 15) is 35.1 Å². The topological polar surface area (TPSA) is 154 Å². The molecule has 1 fully saturated rings. The van der Waals surface area contributed by atoms with Crippen LogP contribution in [0, 0.1) is 0 Å². The summed E-state index contributed by atoms with van der Waals surface area (Å²) < 4.78 is 10.7. The highest BCUT2D eigenvalue weighted by Crippen LogP contribution is 2.40. The Bertz CT molecular complexity index is 1230. The van der Waals surface area contributed by atoms with Gasteiger partial charge in [0.25, 0.3) is 0 Å². The van der Waals surface area contributed by atoms with Gasteiger partial charge in [0.05, 0.1) is 7.11 Å². The molecule has 9 nitrogen and oxygen atoms in total. The number of methoxy groups -OCH3 is 1. The Kier molecular flexibility index (Phi) is 7.56. The number of ether oxygens (including phenoxy) is 2. The third kappa shape index (κ3) is 4.93. The average Bonchev–Trinajstić information content (AvgIpc) is 2.94. The van der Waals surface area contributed by atoms with Crippen molar-refractivity contribution in [2.24, 2.45) is 0 Å². The highest BCUT2D eigenvalue weighted by Gasteiger charge is 2.66. The predicted molar refractivity (Wildman–Crippen MR) is 131 cm³/mol. The fourth-order valence-corrected chi connectivity index (χ4v) is 4.53. The number of aliphatic hydroxyl groups is 5. The van der Waals surface area contributed by atoms with Crippen LogP contribution in [0.2, 0.25) is 0 Å². The summed E-state index contributed by atoms with van der Waals surface area (Å²) in [4.78, 5) is 26.5. The molecule has 1 unspecified atom stereocenters. The van der Waals surface area contributed by atoms with Crippen molar-refractivity contribution in [3.63, 3.8) is 0 Å². The minimum absolute atomic E-state index is 0.0700. The maximum absolute atomic E-state index is 13.5. The van der Waals surface area contributed by atoms with Gasteiger partial charge in [0, 0.05) is 17.5 Å². The zero-order valence-corrected chi connectivity index (χ0v) is 20.0. The molecule has 4 rings (SSSR count). The molecule has 0 amide bonds. The molecule has 1 aliphatic rings. The van der Waals surface area contributed by atoms with Crippen molar-refractivity contribution in [1.82, 2.24) is 0 Å². The third-order valence-corrected chi connectivity index (χ3v) is 6.60. The number of Topliss-reactive ketones (excluding diaryl/α,β-unsaturated/α-hetero) is 2. The van der Waals surface area contributed by atoms with Gasteiger partial charge in [-0.25, -0.2) is 0 Å². The summed E-state index contributed by atoms with van der Waals surface area (Å²) >= 11 is 0. The summed E-state index contributed by atoms with van der Waals surface area (Å²) in [5, 5.41) is 56.3. The van der Waals surface area contributed by atoms with Crippen LogP contribution in [0.3, 0.4) is 0 Å². The van der Waals surface area contributed by atoms with Crippen molar-refractivity contribution in [1.29, 1.82) is 0 Å². The second-order valence-electron chi connectivity index (χ2n) is 9.00. The van der Waals surface area contributed by atoms with Gasteiger partial charge in [-0.2, -0.15) is 0 Å². The van der Waals surface area contributed by atoms with Gasteiger partial charge in [-0.3, -0.25) is 9.59 Å². The standard InChI is InChI=1S/C28H28O9/c1-36-20-14-12-17(13-15-20)16-27(34)26(33)28(35,24(31)19-10-6-3-7-11-19)25(32)23(37-27)22(30)21(29)18-8-4-2-5-9-18/h2-15,22-23,25-26,30,32-35H,16H2,1H3/t22?,23-,25+,26+,27-,28+/m1/s1. The Hall–Kier alpha value is -3.44. The zero-order chi connectivity index (χ0) is 26.8. The lowest BCUT2D eigenvalue weighted by molar-refractivity contribution is -0.367. The van der Waals surface area contributed by atoms with Gasteiger partial charge in [0.2, 0.25) is 0 Å². The van der Waals surface area contributed by atoms with Crippen LogP contribution in [0.15, 0.2) is 84.9 Å². The van der Waals surface area contributed by atoms with Gasteiger partial charge < -0.3 is 35.0 Å². The van der Waals surface area contributed by atoms with E-state index in [0.29, 0.717) is 11.3 Å². The SMILES string of the molecule is COc1ccc(C[C@@]2(O)O[C@H](C(O)C(=O)c3ccccc3)[C@H](O)[C@@](O)(C(=O)c3ccccc3)[C@H]2O)cc1. The molecule has 9 heteroatoms. The first-order valence-corrected chi connectivity index (χ1v) is 11.6. The maximum Gasteiger partial charge on any atom is 0.200 e. The molecule has 3 aromatic carbocycles. The molecule has 3 aromatic rings. The zero-order valence-electron chi connectivity index (χ0n) is 20.0. The normalized spacial score (nSPS) is 28.3. The number of benzene rings is 3. The van der Waals surface area contributed by atoms with Crippen LogP contribution in [-0.2, 0) is 11.2 Å². The van der Waals surface area contributed by atoms with Crippen LogP contribution >= 0.6 is 0 Å². The van der Waals surface area contributed by atoms with Crippen LogP contribution in [0.5, 0.6) is 5.75 Å². The summed E-state index contributed by atoms with van der Waals surface area (Å²) in [6, 6.07) is 21.4. The number of carbonyl (C=O) groups is 2. The number of hydrogen-bond acceptors (Lipinski definition) is 9. The molecule has 0 aromatic heterocycles. The number of hydrogen-bond donors (Lipinski definition) is 5. The predicted octanol–water partition coefficient (Wildman–Crippen LogP) is 0.905. The average molecular weight is 509 g/mol. The van der Waals surface area contributed by atoms with E-state index in [-0.39, 0.29) is 11.1 Å². The van der Waals surface area contributed by atoms with E-state index in [1.54, 1.807) is 48.5 Å². The molecular formula is C28H28O9. The first-order valence-electron chi connectivity index (χ1n) is 11.6. The highest BCUT2D eigenvalue weighted by atomic mass is 16.7. The molecule has 194 valence electrons. The van der Waals surface area contributed by atoms with Crippen molar-refractivity contribution in [3.8, 4) is 5.75 Å². The highest BCUT2D eigenvalue weighted by molar-refractivity contribution is 6.04. The Morgan fingerprint density at radius 1 is 0.892 bits per heavy atom. The molecule has 0 saturated carbocycles. The van der Waals surface area contributed by atoms with Gasteiger partial charge in [-0.1, -0.05) is 72.8 Å². The van der Waals surface area contributed by atoms with Gasteiger partial charge >= 0.3 is 0 Å². The Balaban J connectivity index is 1.76. The van der Waals surface area contributed by atoms with E-state index in [1.165, 1.54) is 43.5 Å². The second kappa shape index (κ2) is 10.5. The fourth-order valence-electron chi connectivity index (χ4n) is 4.53. The van der Waals surface area contributed by atoms with Crippen LogP contribution in [0.1, 0.15) is 26.3 Å². The van der Waals surface area contributed by atoms with Crippen LogP contribution in [0.25, 0.3) is 0 Å². The lowest BCUT2D eigenvalue weighted by Crippen LogP contribution is -2.76. The van der Waals surface area contributed by atoms with Gasteiger partial charge in [-0.15, -0.1) is 0 Å². The summed E-state index contributed by atoms with van der Waals surface area (Å²) in [5.41, 5.74) is -2.62. The van der Waals surface area contributed by atoms with E-state index in [2.05, 4.69) is 0 Å². The molecule has 0 bridgehead atoms. The largest absolute Gasteiger partial charge is 0.497 e. The third-order valence-electron chi connectivity index (χ3n) is 6.60. The van der Waals surface area contributed by atoms with Gasteiger partial charge in [0.1, 0.15) is 30.2 Å². The fraction of sp³-hybridized carbons (Fsp3) is 0.286. The Labute approximate surface area is 213 Å². The Morgan fingerprint density at radius 3 is 1.97 bits per heavy atom. The molecule has 1 heterocycles. The summed E-state index contributed by atoms with van der Waals surface area (Å²) in [6.45, 7) is 0. The molecule has 0 radical (unpaired) electrons. The summed E-state index contributed by atoms with van der Waals surface area (Å²) in [6.07, 6.45) is -9.17. The summed E-state index contributed by atoms with van der Waals surface area (Å²) in [7, 11) is 1.48. The van der Waals surface area contributed by atoms with Crippen LogP contribution in [-0.4, -0.2) is 80.0 Å². The van der Waals surface area contributed by atoms with Gasteiger partial charge in [0.15, 0.2) is 23.0 Å². The van der Waals surface area contributed by atoms with E-state index in [0.717, 1.165) is 0 Å². The van der Waals surface area contributed by atoms with Crippen molar-refractivity contribution in [2.45, 2.75) is 42.2 Å². The van der Waals surface area contributed by atoms with Crippen molar-refractivity contribution >= 4 is 11.6 Å². The number of ketones is 2. The number of rotatable bonds is 8. The lowest BCUT2D eigenvalue weighted by atomic mass is 9.72. The minimum Gasteiger partial charge on any atom is -0.497 e.